The second kappa shape index (κ2) is 5.53. The number of nitrogens with zero attached hydrogens (tertiary/aromatic N) is 2. The minimum absolute atomic E-state index is 0.125. The number of carbonyl (C=O) groups excluding carboxylic acids is 1. The van der Waals surface area contributed by atoms with Crippen molar-refractivity contribution < 1.29 is 4.79 Å². The van der Waals surface area contributed by atoms with Crippen molar-refractivity contribution in [3.63, 3.8) is 0 Å². The van der Waals surface area contributed by atoms with Crippen LogP contribution in [0.3, 0.4) is 0 Å². The third-order valence-corrected chi connectivity index (χ3v) is 3.31. The molecule has 18 heavy (non-hydrogen) atoms. The fourth-order valence-corrected chi connectivity index (χ4v) is 2.54. The molecule has 1 amide bonds. The molecule has 0 spiro atoms. The molecule has 2 aromatic rings. The van der Waals surface area contributed by atoms with Crippen molar-refractivity contribution in [1.82, 2.24) is 9.78 Å². The highest BCUT2D eigenvalue weighted by Crippen LogP contribution is 2.26. The number of hydrogen-bond acceptors (Lipinski definition) is 3. The fourth-order valence-electron chi connectivity index (χ4n) is 1.39. The Morgan fingerprint density at radius 2 is 2.22 bits per heavy atom. The predicted octanol–water partition coefficient (Wildman–Crippen LogP) is 2.63. The van der Waals surface area contributed by atoms with Crippen molar-refractivity contribution in [1.29, 1.82) is 0 Å². The summed E-state index contributed by atoms with van der Waals surface area (Å²) in [6, 6.07) is 5.53. The van der Waals surface area contributed by atoms with Crippen LogP contribution in [0, 0.1) is 0 Å². The lowest BCUT2D eigenvalue weighted by Crippen LogP contribution is -2.19. The zero-order valence-electron chi connectivity index (χ0n) is 9.23. The molecule has 0 saturated heterocycles. The monoisotopic (exact) mass is 372 g/mol. The average Bonchev–Trinajstić information content (AvgIpc) is 2.68. The summed E-state index contributed by atoms with van der Waals surface area (Å²) in [6.45, 7) is 0.125. The Morgan fingerprint density at radius 1 is 1.44 bits per heavy atom. The topological polar surface area (TPSA) is 72.9 Å². The maximum atomic E-state index is 11.8. The van der Waals surface area contributed by atoms with Crippen LogP contribution in [-0.4, -0.2) is 15.7 Å². The molecule has 94 valence electrons. The fraction of sp³-hybridized carbons (Fsp3) is 0.0909. The van der Waals surface area contributed by atoms with Gasteiger partial charge in [-0.25, -0.2) is 0 Å². The Balaban J connectivity index is 2.03. The van der Waals surface area contributed by atoms with Crippen LogP contribution in [0.5, 0.6) is 0 Å². The van der Waals surface area contributed by atoms with Crippen LogP contribution in [0.15, 0.2) is 39.5 Å². The number of hydrogen-bond donors (Lipinski definition) is 2. The lowest BCUT2D eigenvalue weighted by Gasteiger charge is -2.07. The third-order valence-electron chi connectivity index (χ3n) is 2.16. The zero-order valence-corrected chi connectivity index (χ0v) is 12.4. The van der Waals surface area contributed by atoms with E-state index in [-0.39, 0.29) is 12.5 Å². The van der Waals surface area contributed by atoms with Crippen LogP contribution in [0.4, 0.5) is 11.4 Å². The number of benzene rings is 1. The standard InChI is InChI=1S/C11H10Br2N4O/c12-7-1-2-10(9(13)3-7)16-11(18)6-17-5-8(14)4-15-17/h1-5H,6,14H2,(H,16,18). The number of carbonyl (C=O) groups is 1. The molecule has 1 aromatic heterocycles. The maximum Gasteiger partial charge on any atom is 0.246 e. The van der Waals surface area contributed by atoms with Gasteiger partial charge in [0.15, 0.2) is 0 Å². The molecular weight excluding hydrogens is 364 g/mol. The van der Waals surface area contributed by atoms with Crippen molar-refractivity contribution in [2.45, 2.75) is 6.54 Å². The van der Waals surface area contributed by atoms with Gasteiger partial charge in [-0.3, -0.25) is 9.48 Å². The molecule has 0 aliphatic carbocycles. The molecule has 1 aromatic carbocycles. The summed E-state index contributed by atoms with van der Waals surface area (Å²) in [5.41, 5.74) is 6.77. The minimum atomic E-state index is -0.166. The summed E-state index contributed by atoms with van der Waals surface area (Å²) < 4.78 is 3.23. The van der Waals surface area contributed by atoms with Gasteiger partial charge in [0.05, 0.1) is 17.6 Å². The number of aromatic nitrogens is 2. The summed E-state index contributed by atoms with van der Waals surface area (Å²) in [5, 5.41) is 6.73. The molecule has 0 unspecified atom stereocenters. The first kappa shape index (κ1) is 13.1. The van der Waals surface area contributed by atoms with E-state index in [4.69, 9.17) is 5.73 Å². The summed E-state index contributed by atoms with van der Waals surface area (Å²) in [4.78, 5) is 11.8. The largest absolute Gasteiger partial charge is 0.396 e. The van der Waals surface area contributed by atoms with Crippen LogP contribution < -0.4 is 11.1 Å². The molecule has 1 heterocycles. The molecule has 5 nitrogen and oxygen atoms in total. The van der Waals surface area contributed by atoms with E-state index in [0.29, 0.717) is 11.4 Å². The Bertz CT molecular complexity index is 582. The van der Waals surface area contributed by atoms with Gasteiger partial charge in [0, 0.05) is 15.1 Å². The summed E-state index contributed by atoms with van der Waals surface area (Å²) in [5.74, 6) is -0.166. The highest BCUT2D eigenvalue weighted by molar-refractivity contribution is 9.11. The highest BCUT2D eigenvalue weighted by Gasteiger charge is 2.07. The zero-order chi connectivity index (χ0) is 13.1. The number of nitrogens with two attached hydrogens (primary N) is 1. The van der Waals surface area contributed by atoms with Gasteiger partial charge in [-0.05, 0) is 34.1 Å². The van der Waals surface area contributed by atoms with E-state index in [1.165, 1.54) is 10.9 Å². The van der Waals surface area contributed by atoms with E-state index in [9.17, 15) is 4.79 Å². The van der Waals surface area contributed by atoms with Gasteiger partial charge in [-0.2, -0.15) is 5.10 Å². The van der Waals surface area contributed by atoms with Crippen LogP contribution in [-0.2, 0) is 11.3 Å². The van der Waals surface area contributed by atoms with Gasteiger partial charge in [0.1, 0.15) is 6.54 Å². The molecule has 0 saturated carbocycles. The van der Waals surface area contributed by atoms with Crippen molar-refractivity contribution in [2.75, 3.05) is 11.1 Å². The third kappa shape index (κ3) is 3.33. The van der Waals surface area contributed by atoms with Crippen molar-refractivity contribution >= 4 is 49.1 Å². The number of nitrogen functional groups attached to an aromatic ring is 1. The molecule has 0 aliphatic heterocycles. The summed E-state index contributed by atoms with van der Waals surface area (Å²) in [6.07, 6.45) is 3.11. The molecule has 0 aliphatic rings. The van der Waals surface area contributed by atoms with Gasteiger partial charge < -0.3 is 11.1 Å². The van der Waals surface area contributed by atoms with Crippen molar-refractivity contribution in [3.05, 3.63) is 39.5 Å². The van der Waals surface area contributed by atoms with Gasteiger partial charge in [-0.1, -0.05) is 15.9 Å². The highest BCUT2D eigenvalue weighted by atomic mass is 79.9. The SMILES string of the molecule is Nc1cnn(CC(=O)Nc2ccc(Br)cc2Br)c1. The van der Waals surface area contributed by atoms with Crippen molar-refractivity contribution in [3.8, 4) is 0 Å². The predicted molar refractivity (Wildman–Crippen MR) is 77.1 cm³/mol. The van der Waals surface area contributed by atoms with E-state index in [1.54, 1.807) is 6.20 Å². The molecule has 3 N–H and O–H groups in total. The average molecular weight is 374 g/mol. The van der Waals surface area contributed by atoms with Gasteiger partial charge in [0.2, 0.25) is 5.91 Å². The number of amides is 1. The van der Waals surface area contributed by atoms with E-state index in [2.05, 4.69) is 42.3 Å². The Kier molecular flexibility index (Phi) is 4.03. The maximum absolute atomic E-state index is 11.8. The Hall–Kier alpha value is -1.34. The Labute approximate surface area is 121 Å². The summed E-state index contributed by atoms with van der Waals surface area (Å²) in [7, 11) is 0. The smallest absolute Gasteiger partial charge is 0.246 e. The number of halogens is 2. The van der Waals surface area contributed by atoms with E-state index >= 15 is 0 Å². The van der Waals surface area contributed by atoms with Crippen LogP contribution >= 0.6 is 31.9 Å². The Morgan fingerprint density at radius 3 is 2.83 bits per heavy atom. The van der Waals surface area contributed by atoms with Gasteiger partial charge in [0.25, 0.3) is 0 Å². The molecule has 0 atom stereocenters. The van der Waals surface area contributed by atoms with E-state index < -0.39 is 0 Å². The first-order valence-corrected chi connectivity index (χ1v) is 6.66. The molecule has 0 radical (unpaired) electrons. The molecule has 2 rings (SSSR count). The molecule has 0 bridgehead atoms. The van der Waals surface area contributed by atoms with E-state index in [1.807, 2.05) is 18.2 Å². The number of nitrogens with one attached hydrogen (secondary N) is 1. The lowest BCUT2D eigenvalue weighted by atomic mass is 10.3. The first-order chi connectivity index (χ1) is 8.54. The second-order valence-electron chi connectivity index (χ2n) is 3.64. The second-order valence-corrected chi connectivity index (χ2v) is 5.41. The van der Waals surface area contributed by atoms with E-state index in [0.717, 1.165) is 8.95 Å². The quantitative estimate of drug-likeness (QED) is 0.868. The number of rotatable bonds is 3. The molecule has 7 heteroatoms. The summed E-state index contributed by atoms with van der Waals surface area (Å²) >= 11 is 6.73. The minimum Gasteiger partial charge on any atom is -0.396 e. The van der Waals surface area contributed by atoms with Gasteiger partial charge in [-0.15, -0.1) is 0 Å². The number of anilines is 2. The first-order valence-electron chi connectivity index (χ1n) is 5.07. The molecular formula is C11H10Br2N4O. The van der Waals surface area contributed by atoms with Crippen molar-refractivity contribution in [2.24, 2.45) is 0 Å². The van der Waals surface area contributed by atoms with Gasteiger partial charge >= 0.3 is 0 Å². The van der Waals surface area contributed by atoms with Crippen LogP contribution in [0.25, 0.3) is 0 Å². The molecule has 0 fully saturated rings. The van der Waals surface area contributed by atoms with Crippen LogP contribution in [0.2, 0.25) is 0 Å². The normalized spacial score (nSPS) is 10.3. The van der Waals surface area contributed by atoms with Crippen LogP contribution in [0.1, 0.15) is 0 Å². The lowest BCUT2D eigenvalue weighted by molar-refractivity contribution is -0.116.